The number of benzene rings is 1. The number of pyridine rings is 1. The molecule has 0 aliphatic carbocycles. The largest absolute Gasteiger partial charge is 0.477 e. The predicted octanol–water partition coefficient (Wildman–Crippen LogP) is 4.18. The van der Waals surface area contributed by atoms with Crippen molar-refractivity contribution < 1.29 is 14.6 Å². The Morgan fingerprint density at radius 3 is 2.52 bits per heavy atom. The Balaban J connectivity index is 2.35. The van der Waals surface area contributed by atoms with Gasteiger partial charge in [0.2, 0.25) is 5.88 Å². The summed E-state index contributed by atoms with van der Waals surface area (Å²) < 4.78 is 5.68. The van der Waals surface area contributed by atoms with Gasteiger partial charge in [-0.1, -0.05) is 32.9 Å². The fourth-order valence-electron chi connectivity index (χ4n) is 1.97. The van der Waals surface area contributed by atoms with Crippen LogP contribution in [0.1, 0.15) is 42.3 Å². The average molecular weight is 285 g/mol. The van der Waals surface area contributed by atoms with E-state index in [-0.39, 0.29) is 16.9 Å². The highest BCUT2D eigenvalue weighted by atomic mass is 16.5. The highest BCUT2D eigenvalue weighted by molar-refractivity contribution is 5.90. The fourth-order valence-corrected chi connectivity index (χ4v) is 1.97. The maximum absolute atomic E-state index is 11.2. The van der Waals surface area contributed by atoms with Gasteiger partial charge in [0.05, 0.1) is 0 Å². The quantitative estimate of drug-likeness (QED) is 0.919. The van der Waals surface area contributed by atoms with E-state index in [0.29, 0.717) is 5.75 Å². The second-order valence-electron chi connectivity index (χ2n) is 5.99. The van der Waals surface area contributed by atoms with Crippen LogP contribution in [0, 0.1) is 6.92 Å². The van der Waals surface area contributed by atoms with Crippen molar-refractivity contribution in [3.05, 3.63) is 53.2 Å². The molecule has 1 heterocycles. The zero-order valence-corrected chi connectivity index (χ0v) is 12.7. The van der Waals surface area contributed by atoms with Crippen LogP contribution in [-0.4, -0.2) is 16.1 Å². The summed E-state index contributed by atoms with van der Waals surface area (Å²) in [5.74, 6) is -0.331. The number of hydrogen-bond donors (Lipinski definition) is 1. The number of aromatic nitrogens is 1. The second kappa shape index (κ2) is 5.56. The van der Waals surface area contributed by atoms with E-state index in [9.17, 15) is 4.79 Å². The molecule has 110 valence electrons. The summed E-state index contributed by atoms with van der Waals surface area (Å²) in [7, 11) is 0. The van der Waals surface area contributed by atoms with Crippen LogP contribution < -0.4 is 4.74 Å². The van der Waals surface area contributed by atoms with Crippen molar-refractivity contribution >= 4 is 5.97 Å². The molecule has 21 heavy (non-hydrogen) atoms. The first-order valence-corrected chi connectivity index (χ1v) is 6.76. The zero-order valence-electron chi connectivity index (χ0n) is 12.7. The minimum atomic E-state index is -1.05. The molecule has 4 nitrogen and oxygen atoms in total. The molecule has 0 unspecified atom stereocenters. The lowest BCUT2D eigenvalue weighted by atomic mass is 9.86. The molecule has 0 saturated heterocycles. The number of ether oxygens (including phenoxy) is 1. The van der Waals surface area contributed by atoms with Gasteiger partial charge >= 0.3 is 5.97 Å². The molecule has 0 saturated carbocycles. The third-order valence-electron chi connectivity index (χ3n) is 3.25. The van der Waals surface area contributed by atoms with Crippen LogP contribution in [-0.2, 0) is 5.41 Å². The normalized spacial score (nSPS) is 11.2. The molecule has 2 rings (SSSR count). The number of aryl methyl sites for hydroxylation is 1. The van der Waals surface area contributed by atoms with Gasteiger partial charge < -0.3 is 9.84 Å². The summed E-state index contributed by atoms with van der Waals surface area (Å²) in [6.45, 7) is 8.37. The summed E-state index contributed by atoms with van der Waals surface area (Å²) >= 11 is 0. The van der Waals surface area contributed by atoms with Gasteiger partial charge in [-0.25, -0.2) is 9.78 Å². The summed E-state index contributed by atoms with van der Waals surface area (Å²) in [5.41, 5.74) is 2.26. The molecule has 0 spiro atoms. The van der Waals surface area contributed by atoms with Crippen LogP contribution in [0.25, 0.3) is 0 Å². The summed E-state index contributed by atoms with van der Waals surface area (Å²) in [6, 6.07) is 8.95. The van der Waals surface area contributed by atoms with Crippen LogP contribution in [0.5, 0.6) is 11.6 Å². The lowest BCUT2D eigenvalue weighted by Gasteiger charge is -2.20. The second-order valence-corrected chi connectivity index (χ2v) is 5.99. The van der Waals surface area contributed by atoms with Crippen LogP contribution >= 0.6 is 0 Å². The van der Waals surface area contributed by atoms with Crippen molar-refractivity contribution in [1.82, 2.24) is 4.98 Å². The topological polar surface area (TPSA) is 59.4 Å². The monoisotopic (exact) mass is 285 g/mol. The third kappa shape index (κ3) is 3.40. The molecule has 0 amide bonds. The lowest BCUT2D eigenvalue weighted by Crippen LogP contribution is -2.11. The zero-order chi connectivity index (χ0) is 15.6. The number of carbonyl (C=O) groups is 1. The van der Waals surface area contributed by atoms with Crippen LogP contribution in [0.3, 0.4) is 0 Å². The van der Waals surface area contributed by atoms with Gasteiger partial charge in [-0.2, -0.15) is 0 Å². The molecular weight excluding hydrogens is 266 g/mol. The molecule has 0 atom stereocenters. The summed E-state index contributed by atoms with van der Waals surface area (Å²) in [4.78, 5) is 15.2. The molecular formula is C17H19NO3. The number of hydrogen-bond acceptors (Lipinski definition) is 3. The van der Waals surface area contributed by atoms with Gasteiger partial charge in [0.15, 0.2) is 0 Å². The number of carboxylic acids is 1. The first-order chi connectivity index (χ1) is 9.79. The molecule has 1 aromatic carbocycles. The molecule has 0 fully saturated rings. The smallest absolute Gasteiger partial charge is 0.341 e. The van der Waals surface area contributed by atoms with E-state index in [1.54, 1.807) is 6.07 Å². The first-order valence-electron chi connectivity index (χ1n) is 6.76. The summed E-state index contributed by atoms with van der Waals surface area (Å²) in [5, 5.41) is 9.14. The molecule has 2 aromatic rings. The maximum atomic E-state index is 11.2. The highest BCUT2D eigenvalue weighted by Gasteiger charge is 2.17. The summed E-state index contributed by atoms with van der Waals surface area (Å²) in [6.07, 6.45) is 1.51. The number of aromatic carboxylic acids is 1. The third-order valence-corrected chi connectivity index (χ3v) is 3.25. The van der Waals surface area contributed by atoms with Crippen LogP contribution in [0.4, 0.5) is 0 Å². The Bertz CT molecular complexity index is 672. The van der Waals surface area contributed by atoms with E-state index in [0.717, 1.165) is 5.56 Å². The molecule has 1 aromatic heterocycles. The Morgan fingerprint density at radius 1 is 1.24 bits per heavy atom. The van der Waals surface area contributed by atoms with E-state index in [4.69, 9.17) is 9.84 Å². The number of carboxylic acid groups (broad SMARTS) is 1. The first kappa shape index (κ1) is 15.0. The predicted molar refractivity (Wildman–Crippen MR) is 81.1 cm³/mol. The molecule has 0 aliphatic rings. The van der Waals surface area contributed by atoms with Gasteiger partial charge in [0.25, 0.3) is 0 Å². The van der Waals surface area contributed by atoms with Crippen LogP contribution in [0.2, 0.25) is 0 Å². The molecule has 0 bridgehead atoms. The molecule has 0 aliphatic heterocycles. The fraction of sp³-hybridized carbons (Fsp3) is 0.294. The van der Waals surface area contributed by atoms with E-state index < -0.39 is 5.97 Å². The van der Waals surface area contributed by atoms with E-state index in [1.165, 1.54) is 17.8 Å². The van der Waals surface area contributed by atoms with Gasteiger partial charge in [-0.05, 0) is 41.7 Å². The van der Waals surface area contributed by atoms with Crippen molar-refractivity contribution in [2.75, 3.05) is 0 Å². The van der Waals surface area contributed by atoms with E-state index in [2.05, 4.69) is 31.8 Å². The highest BCUT2D eigenvalue weighted by Crippen LogP contribution is 2.30. The van der Waals surface area contributed by atoms with E-state index >= 15 is 0 Å². The van der Waals surface area contributed by atoms with Crippen molar-refractivity contribution in [3.8, 4) is 11.6 Å². The Labute approximate surface area is 124 Å². The Kier molecular flexibility index (Phi) is 3.98. The minimum Gasteiger partial charge on any atom is -0.477 e. The van der Waals surface area contributed by atoms with Crippen molar-refractivity contribution in [1.29, 1.82) is 0 Å². The Morgan fingerprint density at radius 2 is 1.95 bits per heavy atom. The maximum Gasteiger partial charge on any atom is 0.341 e. The van der Waals surface area contributed by atoms with Crippen LogP contribution in [0.15, 0.2) is 36.5 Å². The molecule has 4 heteroatoms. The lowest BCUT2D eigenvalue weighted by molar-refractivity contribution is 0.0693. The Hall–Kier alpha value is -2.36. The molecule has 0 radical (unpaired) electrons. The van der Waals surface area contributed by atoms with Crippen molar-refractivity contribution in [3.63, 3.8) is 0 Å². The molecule has 1 N–H and O–H groups in total. The van der Waals surface area contributed by atoms with Gasteiger partial charge in [-0.3, -0.25) is 0 Å². The standard InChI is InChI=1S/C17H19NO3/c1-11-10-12(17(2,3)4)7-8-14(11)21-15-13(16(19)20)6-5-9-18-15/h5-10H,1-4H3,(H,19,20). The van der Waals surface area contributed by atoms with Gasteiger partial charge in [0, 0.05) is 6.20 Å². The van der Waals surface area contributed by atoms with E-state index in [1.807, 2.05) is 19.1 Å². The minimum absolute atomic E-state index is 0.0526. The van der Waals surface area contributed by atoms with Gasteiger partial charge in [0.1, 0.15) is 11.3 Å². The van der Waals surface area contributed by atoms with Gasteiger partial charge in [-0.15, -0.1) is 0 Å². The average Bonchev–Trinajstić information content (AvgIpc) is 2.40. The van der Waals surface area contributed by atoms with Crippen molar-refractivity contribution in [2.24, 2.45) is 0 Å². The number of nitrogens with zero attached hydrogens (tertiary/aromatic N) is 1. The SMILES string of the molecule is Cc1cc(C(C)(C)C)ccc1Oc1ncccc1C(=O)O. The van der Waals surface area contributed by atoms with Crippen molar-refractivity contribution in [2.45, 2.75) is 33.1 Å². The number of rotatable bonds is 3.